The second-order valence-electron chi connectivity index (χ2n) is 7.87. The molecule has 1 saturated carbocycles. The molecule has 0 radical (unpaired) electrons. The number of hydrogen-bond donors (Lipinski definition) is 2. The van der Waals surface area contributed by atoms with Crippen LogP contribution in [-0.4, -0.2) is 48.6 Å². The number of carbonyl (C=O) groups is 1. The van der Waals surface area contributed by atoms with Crippen molar-refractivity contribution in [2.24, 2.45) is 5.92 Å². The van der Waals surface area contributed by atoms with Gasteiger partial charge in [0.25, 0.3) is 0 Å². The molecule has 4 rings (SSSR count). The fourth-order valence-electron chi connectivity index (χ4n) is 4.35. The van der Waals surface area contributed by atoms with E-state index in [-0.39, 0.29) is 16.7 Å². The fraction of sp³-hybridized carbons (Fsp3) is 0.500. The van der Waals surface area contributed by atoms with Crippen molar-refractivity contribution in [2.75, 3.05) is 13.1 Å². The van der Waals surface area contributed by atoms with Gasteiger partial charge >= 0.3 is 0 Å². The SMILES string of the molecule is Cc1cc(S(=O)(=O)NCC2CC(=O)N(C3CCCC3)C2)ccc1-c1cn[nH]c1. The third kappa shape index (κ3) is 3.84. The minimum absolute atomic E-state index is 0.0363. The lowest BCUT2D eigenvalue weighted by Gasteiger charge is -2.24. The molecule has 150 valence electrons. The average Bonchev–Trinajstić information content (AvgIpc) is 3.42. The summed E-state index contributed by atoms with van der Waals surface area (Å²) in [5.74, 6) is 0.200. The van der Waals surface area contributed by atoms with Crippen LogP contribution in [0, 0.1) is 12.8 Å². The fourth-order valence-corrected chi connectivity index (χ4v) is 5.55. The summed E-state index contributed by atoms with van der Waals surface area (Å²) < 4.78 is 28.2. The summed E-state index contributed by atoms with van der Waals surface area (Å²) in [6, 6.07) is 5.44. The standard InChI is InChI=1S/C20H26N4O3S/c1-14-8-18(6-7-19(14)16-11-21-22-12-16)28(26,27)23-10-15-9-20(25)24(13-15)17-4-2-3-5-17/h6-8,11-12,15,17,23H,2-5,9-10,13H2,1H3,(H,21,22). The van der Waals surface area contributed by atoms with Gasteiger partial charge < -0.3 is 4.90 Å². The minimum Gasteiger partial charge on any atom is -0.339 e. The second-order valence-corrected chi connectivity index (χ2v) is 9.64. The van der Waals surface area contributed by atoms with Crippen LogP contribution in [0.25, 0.3) is 11.1 Å². The highest BCUT2D eigenvalue weighted by atomic mass is 32.2. The van der Waals surface area contributed by atoms with Crippen molar-refractivity contribution in [3.8, 4) is 11.1 Å². The number of rotatable bonds is 6. The monoisotopic (exact) mass is 402 g/mol. The van der Waals surface area contributed by atoms with Crippen molar-refractivity contribution in [3.05, 3.63) is 36.2 Å². The van der Waals surface area contributed by atoms with E-state index in [0.29, 0.717) is 25.6 Å². The maximum absolute atomic E-state index is 12.7. The normalized spacial score (nSPS) is 21.0. The number of aromatic nitrogens is 2. The number of benzene rings is 1. The average molecular weight is 403 g/mol. The molecule has 1 aromatic carbocycles. The maximum Gasteiger partial charge on any atom is 0.240 e. The molecule has 0 bridgehead atoms. The summed E-state index contributed by atoms with van der Waals surface area (Å²) in [7, 11) is -3.61. The van der Waals surface area contributed by atoms with Crippen LogP contribution in [-0.2, 0) is 14.8 Å². The van der Waals surface area contributed by atoms with E-state index in [9.17, 15) is 13.2 Å². The first-order valence-corrected chi connectivity index (χ1v) is 11.3. The van der Waals surface area contributed by atoms with Crippen LogP contribution in [0.15, 0.2) is 35.5 Å². The number of H-pyrrole nitrogens is 1. The van der Waals surface area contributed by atoms with Crippen molar-refractivity contribution in [3.63, 3.8) is 0 Å². The molecule has 1 unspecified atom stereocenters. The topological polar surface area (TPSA) is 95.2 Å². The molecular weight excluding hydrogens is 376 g/mol. The predicted octanol–water partition coefficient (Wildman–Crippen LogP) is 2.45. The van der Waals surface area contributed by atoms with E-state index in [1.54, 1.807) is 30.6 Å². The van der Waals surface area contributed by atoms with Gasteiger partial charge in [-0.05, 0) is 48.9 Å². The Kier molecular flexibility index (Phi) is 5.25. The van der Waals surface area contributed by atoms with Crippen molar-refractivity contribution in [1.82, 2.24) is 19.8 Å². The molecule has 7 nitrogen and oxygen atoms in total. The van der Waals surface area contributed by atoms with E-state index < -0.39 is 10.0 Å². The Bertz CT molecular complexity index is 950. The molecule has 2 N–H and O–H groups in total. The number of hydrogen-bond acceptors (Lipinski definition) is 4. The lowest BCUT2D eigenvalue weighted by atomic mass is 10.0. The van der Waals surface area contributed by atoms with E-state index in [1.807, 2.05) is 11.8 Å². The van der Waals surface area contributed by atoms with Gasteiger partial charge in [-0.3, -0.25) is 9.89 Å². The first-order chi connectivity index (χ1) is 13.4. The third-order valence-electron chi connectivity index (χ3n) is 5.88. The van der Waals surface area contributed by atoms with E-state index in [1.165, 1.54) is 12.8 Å². The maximum atomic E-state index is 12.7. The van der Waals surface area contributed by atoms with E-state index in [0.717, 1.165) is 29.5 Å². The highest BCUT2D eigenvalue weighted by Crippen LogP contribution is 2.29. The molecule has 1 aromatic heterocycles. The van der Waals surface area contributed by atoms with Crippen LogP contribution in [0.3, 0.4) is 0 Å². The lowest BCUT2D eigenvalue weighted by Crippen LogP contribution is -2.36. The number of sulfonamides is 1. The molecule has 1 atom stereocenters. The van der Waals surface area contributed by atoms with Crippen LogP contribution in [0.2, 0.25) is 0 Å². The zero-order chi connectivity index (χ0) is 19.7. The summed E-state index contributed by atoms with van der Waals surface area (Å²) in [4.78, 5) is 14.5. The van der Waals surface area contributed by atoms with Gasteiger partial charge in [0.1, 0.15) is 0 Å². The van der Waals surface area contributed by atoms with Gasteiger partial charge in [0.05, 0.1) is 11.1 Å². The van der Waals surface area contributed by atoms with Crippen molar-refractivity contribution < 1.29 is 13.2 Å². The molecule has 1 saturated heterocycles. The van der Waals surface area contributed by atoms with Crippen molar-refractivity contribution in [2.45, 2.75) is 50.0 Å². The van der Waals surface area contributed by atoms with Crippen LogP contribution < -0.4 is 4.72 Å². The molecule has 2 aliphatic rings. The minimum atomic E-state index is -3.61. The lowest BCUT2D eigenvalue weighted by molar-refractivity contribution is -0.129. The zero-order valence-corrected chi connectivity index (χ0v) is 16.8. The highest BCUT2D eigenvalue weighted by Gasteiger charge is 2.35. The van der Waals surface area contributed by atoms with E-state index >= 15 is 0 Å². The Hall–Kier alpha value is -2.19. The largest absolute Gasteiger partial charge is 0.339 e. The molecule has 2 fully saturated rings. The highest BCUT2D eigenvalue weighted by molar-refractivity contribution is 7.89. The number of aromatic amines is 1. The summed E-state index contributed by atoms with van der Waals surface area (Å²) in [5.41, 5.74) is 2.74. The predicted molar refractivity (Wildman–Crippen MR) is 106 cm³/mol. The summed E-state index contributed by atoms with van der Waals surface area (Å²) in [5, 5.41) is 6.70. The third-order valence-corrected chi connectivity index (χ3v) is 7.30. The van der Waals surface area contributed by atoms with Gasteiger partial charge in [-0.15, -0.1) is 0 Å². The number of likely N-dealkylation sites (tertiary alicyclic amines) is 1. The number of amides is 1. The molecule has 1 amide bonds. The molecule has 8 heteroatoms. The summed E-state index contributed by atoms with van der Waals surface area (Å²) in [6.45, 7) is 2.83. The first kappa shape index (κ1) is 19.1. The summed E-state index contributed by atoms with van der Waals surface area (Å²) >= 11 is 0. The Labute approximate surface area is 165 Å². The number of nitrogens with one attached hydrogen (secondary N) is 2. The first-order valence-electron chi connectivity index (χ1n) is 9.83. The van der Waals surface area contributed by atoms with Gasteiger partial charge in [0, 0.05) is 37.3 Å². The molecule has 2 heterocycles. The van der Waals surface area contributed by atoms with Crippen molar-refractivity contribution >= 4 is 15.9 Å². The molecule has 2 aromatic rings. The second kappa shape index (κ2) is 7.67. The Morgan fingerprint density at radius 3 is 2.75 bits per heavy atom. The van der Waals surface area contributed by atoms with Gasteiger partial charge in [-0.2, -0.15) is 5.10 Å². The Balaban J connectivity index is 1.41. The van der Waals surface area contributed by atoms with Crippen LogP contribution in [0.4, 0.5) is 0 Å². The zero-order valence-electron chi connectivity index (χ0n) is 16.0. The molecule has 1 aliphatic heterocycles. The quantitative estimate of drug-likeness (QED) is 0.776. The van der Waals surface area contributed by atoms with Crippen LogP contribution >= 0.6 is 0 Å². The summed E-state index contributed by atoms with van der Waals surface area (Å²) in [6.07, 6.45) is 8.43. The van der Waals surface area contributed by atoms with Gasteiger partial charge in [0.15, 0.2) is 0 Å². The van der Waals surface area contributed by atoms with E-state index in [4.69, 9.17) is 0 Å². The number of carbonyl (C=O) groups excluding carboxylic acids is 1. The Morgan fingerprint density at radius 1 is 1.29 bits per heavy atom. The Morgan fingerprint density at radius 2 is 2.07 bits per heavy atom. The molecule has 1 aliphatic carbocycles. The number of nitrogens with zero attached hydrogens (tertiary/aromatic N) is 2. The van der Waals surface area contributed by atoms with Gasteiger partial charge in [-0.25, -0.2) is 13.1 Å². The van der Waals surface area contributed by atoms with Gasteiger partial charge in [-0.1, -0.05) is 18.9 Å². The van der Waals surface area contributed by atoms with E-state index in [2.05, 4.69) is 14.9 Å². The van der Waals surface area contributed by atoms with Crippen LogP contribution in [0.1, 0.15) is 37.7 Å². The molecule has 0 spiro atoms. The van der Waals surface area contributed by atoms with Crippen molar-refractivity contribution in [1.29, 1.82) is 0 Å². The van der Waals surface area contributed by atoms with Gasteiger partial charge in [0.2, 0.25) is 15.9 Å². The smallest absolute Gasteiger partial charge is 0.240 e. The molecular formula is C20H26N4O3S. The molecule has 28 heavy (non-hydrogen) atoms. The number of aryl methyl sites for hydroxylation is 1. The van der Waals surface area contributed by atoms with Crippen LogP contribution in [0.5, 0.6) is 0 Å².